The summed E-state index contributed by atoms with van der Waals surface area (Å²) in [5.41, 5.74) is 4.23. The van der Waals surface area contributed by atoms with Crippen LogP contribution in [-0.4, -0.2) is 20.9 Å². The standard InChI is InChI=1S/C19H14N4O2/c1-12-4-2-3-5-14(12)19-23-15-7-6-13(10-17(15)25-19)22-18(24)16-11-20-8-9-21-16/h2-11H,1H3,(H,22,24). The molecule has 4 rings (SSSR count). The number of fused-ring (bicyclic) bond motifs is 1. The fraction of sp³-hybridized carbons (Fsp3) is 0.0526. The van der Waals surface area contributed by atoms with Gasteiger partial charge in [-0.3, -0.25) is 9.78 Å². The molecule has 122 valence electrons. The molecule has 0 unspecified atom stereocenters. The highest BCUT2D eigenvalue weighted by Crippen LogP contribution is 2.28. The quantitative estimate of drug-likeness (QED) is 0.617. The molecule has 6 heteroatoms. The van der Waals surface area contributed by atoms with Gasteiger partial charge in [0.25, 0.3) is 5.91 Å². The summed E-state index contributed by atoms with van der Waals surface area (Å²) in [7, 11) is 0. The van der Waals surface area contributed by atoms with E-state index in [1.807, 2.05) is 37.3 Å². The number of aryl methyl sites for hydroxylation is 1. The summed E-state index contributed by atoms with van der Waals surface area (Å²) in [6.07, 6.45) is 4.41. The Morgan fingerprint density at radius 2 is 2.00 bits per heavy atom. The Balaban J connectivity index is 1.65. The molecule has 0 aliphatic heterocycles. The van der Waals surface area contributed by atoms with Gasteiger partial charge in [0.05, 0.1) is 6.20 Å². The van der Waals surface area contributed by atoms with Gasteiger partial charge in [0.2, 0.25) is 5.89 Å². The summed E-state index contributed by atoms with van der Waals surface area (Å²) in [6.45, 7) is 2.01. The smallest absolute Gasteiger partial charge is 0.275 e. The molecule has 6 nitrogen and oxygen atoms in total. The van der Waals surface area contributed by atoms with Crippen LogP contribution in [0.25, 0.3) is 22.6 Å². The number of benzene rings is 2. The lowest BCUT2D eigenvalue weighted by Crippen LogP contribution is -2.13. The molecule has 0 saturated heterocycles. The van der Waals surface area contributed by atoms with Crippen LogP contribution in [0, 0.1) is 6.92 Å². The third kappa shape index (κ3) is 2.97. The SMILES string of the molecule is Cc1ccccc1-c1nc2ccc(NC(=O)c3cnccn3)cc2o1. The molecule has 0 spiro atoms. The number of carbonyl (C=O) groups excluding carboxylic acids is 1. The van der Waals surface area contributed by atoms with E-state index in [1.54, 1.807) is 12.1 Å². The number of hydrogen-bond donors (Lipinski definition) is 1. The maximum atomic E-state index is 12.2. The van der Waals surface area contributed by atoms with E-state index in [-0.39, 0.29) is 11.6 Å². The van der Waals surface area contributed by atoms with Gasteiger partial charge in [0.1, 0.15) is 11.2 Å². The van der Waals surface area contributed by atoms with Gasteiger partial charge in [-0.2, -0.15) is 0 Å². The van der Waals surface area contributed by atoms with E-state index < -0.39 is 0 Å². The van der Waals surface area contributed by atoms with E-state index in [1.165, 1.54) is 18.6 Å². The molecule has 0 aliphatic rings. The first kappa shape index (κ1) is 15.0. The van der Waals surface area contributed by atoms with Gasteiger partial charge in [-0.15, -0.1) is 0 Å². The number of nitrogens with zero attached hydrogens (tertiary/aromatic N) is 3. The number of aromatic nitrogens is 3. The van der Waals surface area contributed by atoms with Crippen molar-refractivity contribution in [3.05, 3.63) is 72.3 Å². The molecule has 0 aliphatic carbocycles. The number of oxazole rings is 1. The first-order valence-electron chi connectivity index (χ1n) is 7.75. The van der Waals surface area contributed by atoms with Crippen molar-refractivity contribution in [3.63, 3.8) is 0 Å². The third-order valence-corrected chi connectivity index (χ3v) is 3.82. The molecule has 0 atom stereocenters. The van der Waals surface area contributed by atoms with Crippen LogP contribution in [0.5, 0.6) is 0 Å². The third-order valence-electron chi connectivity index (χ3n) is 3.82. The minimum atomic E-state index is -0.328. The molecule has 0 radical (unpaired) electrons. The largest absolute Gasteiger partial charge is 0.436 e. The molecule has 4 aromatic rings. The van der Waals surface area contributed by atoms with Crippen LogP contribution in [0.1, 0.15) is 16.1 Å². The Labute approximate surface area is 143 Å². The highest BCUT2D eigenvalue weighted by molar-refractivity contribution is 6.03. The number of rotatable bonds is 3. The lowest BCUT2D eigenvalue weighted by Gasteiger charge is -2.03. The number of nitrogens with one attached hydrogen (secondary N) is 1. The molecule has 2 aromatic carbocycles. The minimum absolute atomic E-state index is 0.251. The summed E-state index contributed by atoms with van der Waals surface area (Å²) in [6, 6.07) is 13.2. The zero-order chi connectivity index (χ0) is 17.2. The first-order valence-corrected chi connectivity index (χ1v) is 7.75. The van der Waals surface area contributed by atoms with Crippen molar-refractivity contribution in [2.24, 2.45) is 0 Å². The van der Waals surface area contributed by atoms with Crippen LogP contribution in [0.2, 0.25) is 0 Å². The summed E-state index contributed by atoms with van der Waals surface area (Å²) in [5.74, 6) is 0.233. The van der Waals surface area contributed by atoms with Crippen LogP contribution < -0.4 is 5.32 Å². The topological polar surface area (TPSA) is 80.9 Å². The number of anilines is 1. The Morgan fingerprint density at radius 3 is 2.80 bits per heavy atom. The van der Waals surface area contributed by atoms with E-state index in [9.17, 15) is 4.79 Å². The van der Waals surface area contributed by atoms with E-state index >= 15 is 0 Å². The van der Waals surface area contributed by atoms with Gasteiger partial charge >= 0.3 is 0 Å². The Bertz CT molecular complexity index is 1060. The molecule has 0 saturated carbocycles. The normalized spacial score (nSPS) is 10.8. The van der Waals surface area contributed by atoms with Crippen molar-refractivity contribution < 1.29 is 9.21 Å². The molecule has 25 heavy (non-hydrogen) atoms. The molecule has 1 amide bonds. The van der Waals surface area contributed by atoms with Crippen molar-refractivity contribution in [1.82, 2.24) is 15.0 Å². The summed E-state index contributed by atoms with van der Waals surface area (Å²) >= 11 is 0. The monoisotopic (exact) mass is 330 g/mol. The molecule has 2 heterocycles. The summed E-state index contributed by atoms with van der Waals surface area (Å²) in [5, 5.41) is 2.78. The molecule has 1 N–H and O–H groups in total. The number of hydrogen-bond acceptors (Lipinski definition) is 5. The van der Waals surface area contributed by atoms with Crippen molar-refractivity contribution in [2.75, 3.05) is 5.32 Å². The highest BCUT2D eigenvalue weighted by atomic mass is 16.3. The fourth-order valence-corrected chi connectivity index (χ4v) is 2.54. The lowest BCUT2D eigenvalue weighted by atomic mass is 10.1. The van der Waals surface area contributed by atoms with Crippen molar-refractivity contribution in [1.29, 1.82) is 0 Å². The second-order valence-corrected chi connectivity index (χ2v) is 5.56. The Kier molecular flexibility index (Phi) is 3.70. The van der Waals surface area contributed by atoms with Gasteiger partial charge in [-0.05, 0) is 30.7 Å². The lowest BCUT2D eigenvalue weighted by molar-refractivity contribution is 0.102. The van der Waals surface area contributed by atoms with Crippen molar-refractivity contribution >= 4 is 22.7 Å². The predicted octanol–water partition coefficient (Wildman–Crippen LogP) is 3.85. The molecule has 2 aromatic heterocycles. The van der Waals surface area contributed by atoms with Gasteiger partial charge in [-0.25, -0.2) is 9.97 Å². The van der Waals surface area contributed by atoms with Gasteiger partial charge in [0.15, 0.2) is 5.58 Å². The molecular formula is C19H14N4O2. The molecule has 0 bridgehead atoms. The molecule has 0 fully saturated rings. The number of amides is 1. The summed E-state index contributed by atoms with van der Waals surface area (Å²) < 4.78 is 5.87. The Hall–Kier alpha value is -3.54. The van der Waals surface area contributed by atoms with Gasteiger partial charge < -0.3 is 9.73 Å². The highest BCUT2D eigenvalue weighted by Gasteiger charge is 2.12. The molecular weight excluding hydrogens is 316 g/mol. The maximum absolute atomic E-state index is 12.2. The number of carbonyl (C=O) groups is 1. The van der Waals surface area contributed by atoms with E-state index in [4.69, 9.17) is 4.42 Å². The van der Waals surface area contributed by atoms with E-state index in [0.717, 1.165) is 16.6 Å². The maximum Gasteiger partial charge on any atom is 0.275 e. The zero-order valence-electron chi connectivity index (χ0n) is 13.4. The van der Waals surface area contributed by atoms with E-state index in [2.05, 4.69) is 20.3 Å². The first-order chi connectivity index (χ1) is 12.2. The van der Waals surface area contributed by atoms with Crippen LogP contribution in [0.15, 0.2) is 65.5 Å². The summed E-state index contributed by atoms with van der Waals surface area (Å²) in [4.78, 5) is 24.6. The Morgan fingerprint density at radius 1 is 1.12 bits per heavy atom. The minimum Gasteiger partial charge on any atom is -0.436 e. The average Bonchev–Trinajstić information content (AvgIpc) is 3.06. The van der Waals surface area contributed by atoms with Crippen LogP contribution >= 0.6 is 0 Å². The van der Waals surface area contributed by atoms with Gasteiger partial charge in [-0.1, -0.05) is 18.2 Å². The van der Waals surface area contributed by atoms with Crippen molar-refractivity contribution in [3.8, 4) is 11.5 Å². The van der Waals surface area contributed by atoms with E-state index in [0.29, 0.717) is 17.2 Å². The van der Waals surface area contributed by atoms with Crippen molar-refractivity contribution in [2.45, 2.75) is 6.92 Å². The fourth-order valence-electron chi connectivity index (χ4n) is 2.54. The van der Waals surface area contributed by atoms with Gasteiger partial charge in [0, 0.05) is 29.7 Å². The average molecular weight is 330 g/mol. The van der Waals surface area contributed by atoms with Crippen LogP contribution in [-0.2, 0) is 0 Å². The van der Waals surface area contributed by atoms with Crippen LogP contribution in [0.3, 0.4) is 0 Å². The second kappa shape index (κ2) is 6.16. The predicted molar refractivity (Wildman–Crippen MR) is 94.2 cm³/mol. The zero-order valence-corrected chi connectivity index (χ0v) is 13.4. The van der Waals surface area contributed by atoms with Crippen LogP contribution in [0.4, 0.5) is 5.69 Å². The second-order valence-electron chi connectivity index (χ2n) is 5.56.